The normalized spacial score (nSPS) is 13.0. The van der Waals surface area contributed by atoms with Crippen molar-refractivity contribution in [1.29, 1.82) is 0 Å². The Labute approximate surface area is 125 Å². The van der Waals surface area contributed by atoms with Crippen LogP contribution in [-0.2, 0) is 9.47 Å². The van der Waals surface area contributed by atoms with Gasteiger partial charge >= 0.3 is 12.1 Å². The lowest BCUT2D eigenvalue weighted by atomic mass is 10.2. The molecule has 0 aliphatic carbocycles. The third kappa shape index (κ3) is 7.25. The van der Waals surface area contributed by atoms with Gasteiger partial charge in [-0.1, -0.05) is 18.2 Å². The summed E-state index contributed by atoms with van der Waals surface area (Å²) in [4.78, 5) is 26.8. The fraction of sp³-hybridized carbons (Fsp3) is 0.438. The van der Waals surface area contributed by atoms with Gasteiger partial charge in [0.2, 0.25) is 0 Å². The number of hydrogen-bond donors (Lipinski definition) is 0. The van der Waals surface area contributed by atoms with Crippen LogP contribution in [0.3, 0.4) is 0 Å². The molecule has 0 N–H and O–H groups in total. The van der Waals surface area contributed by atoms with Crippen molar-refractivity contribution in [3.63, 3.8) is 0 Å². The van der Waals surface area contributed by atoms with Crippen molar-refractivity contribution in [3.8, 4) is 0 Å². The van der Waals surface area contributed by atoms with E-state index >= 15 is 0 Å². The van der Waals surface area contributed by atoms with E-state index in [2.05, 4.69) is 4.99 Å². The summed E-state index contributed by atoms with van der Waals surface area (Å²) in [5.41, 5.74) is -0.0757. The Morgan fingerprint density at radius 1 is 1.24 bits per heavy atom. The third-order valence-electron chi connectivity index (χ3n) is 2.35. The summed E-state index contributed by atoms with van der Waals surface area (Å²) in [6.07, 6.45) is 0.724. The van der Waals surface area contributed by atoms with Gasteiger partial charge in [0, 0.05) is 12.6 Å². The number of amides is 1. The van der Waals surface area contributed by atoms with Gasteiger partial charge in [0.1, 0.15) is 11.7 Å². The quantitative estimate of drug-likeness (QED) is 0.627. The van der Waals surface area contributed by atoms with Gasteiger partial charge in [-0.2, -0.15) is 4.99 Å². The van der Waals surface area contributed by atoms with E-state index in [4.69, 9.17) is 9.47 Å². The smallest absolute Gasteiger partial charge is 0.433 e. The van der Waals surface area contributed by atoms with Crippen molar-refractivity contribution in [2.75, 3.05) is 0 Å². The van der Waals surface area contributed by atoms with Crippen LogP contribution in [0.2, 0.25) is 0 Å². The van der Waals surface area contributed by atoms with Gasteiger partial charge in [0.15, 0.2) is 0 Å². The van der Waals surface area contributed by atoms with Crippen LogP contribution in [0.1, 0.15) is 44.5 Å². The standard InChI is InChI=1S/C16H21NO4/c1-12(10-11-17-15(19)21-16(2,3)4)20-14(18)13-8-6-5-7-9-13/h5-9,11-12H,10H2,1-4H3. The Kier molecular flexibility index (Phi) is 6.09. The number of ether oxygens (including phenoxy) is 2. The van der Waals surface area contributed by atoms with Gasteiger partial charge < -0.3 is 9.47 Å². The average molecular weight is 291 g/mol. The molecule has 1 amide bonds. The maximum atomic E-state index is 11.8. The predicted octanol–water partition coefficient (Wildman–Crippen LogP) is 3.63. The number of hydrogen-bond acceptors (Lipinski definition) is 4. The summed E-state index contributed by atoms with van der Waals surface area (Å²) in [6.45, 7) is 7.04. The minimum atomic E-state index is -0.649. The fourth-order valence-electron chi connectivity index (χ4n) is 1.44. The molecule has 1 unspecified atom stereocenters. The maximum Gasteiger partial charge on any atom is 0.433 e. The molecule has 0 bridgehead atoms. The second-order valence-corrected chi connectivity index (χ2v) is 5.61. The van der Waals surface area contributed by atoms with Gasteiger partial charge in [0.05, 0.1) is 5.56 Å². The number of benzene rings is 1. The van der Waals surface area contributed by atoms with Crippen LogP contribution in [0, 0.1) is 0 Å². The van der Waals surface area contributed by atoms with Crippen molar-refractivity contribution in [3.05, 3.63) is 35.9 Å². The summed E-state index contributed by atoms with van der Waals surface area (Å²) in [7, 11) is 0. The predicted molar refractivity (Wildman–Crippen MR) is 80.7 cm³/mol. The molecule has 1 atom stereocenters. The first-order valence-electron chi connectivity index (χ1n) is 6.79. The number of carbonyl (C=O) groups is 2. The Morgan fingerprint density at radius 2 is 1.86 bits per heavy atom. The number of esters is 1. The molecule has 0 saturated carbocycles. The summed E-state index contributed by atoms with van der Waals surface area (Å²) < 4.78 is 10.3. The van der Waals surface area contributed by atoms with Crippen LogP contribution in [-0.4, -0.2) is 30.0 Å². The molecule has 1 aromatic rings. The van der Waals surface area contributed by atoms with Gasteiger partial charge in [-0.3, -0.25) is 0 Å². The van der Waals surface area contributed by atoms with E-state index < -0.39 is 17.7 Å². The minimum absolute atomic E-state index is 0.345. The van der Waals surface area contributed by atoms with Crippen LogP contribution in [0.5, 0.6) is 0 Å². The molecule has 0 saturated heterocycles. The van der Waals surface area contributed by atoms with Crippen LogP contribution in [0.25, 0.3) is 0 Å². The largest absolute Gasteiger partial charge is 0.459 e. The minimum Gasteiger partial charge on any atom is -0.459 e. The van der Waals surface area contributed by atoms with Crippen molar-refractivity contribution in [1.82, 2.24) is 0 Å². The van der Waals surface area contributed by atoms with Crippen molar-refractivity contribution >= 4 is 18.3 Å². The highest BCUT2D eigenvalue weighted by Crippen LogP contribution is 2.08. The highest BCUT2D eigenvalue weighted by atomic mass is 16.6. The van der Waals surface area contributed by atoms with E-state index in [1.165, 1.54) is 6.21 Å². The summed E-state index contributed by atoms with van der Waals surface area (Å²) in [5, 5.41) is 0. The molecule has 0 radical (unpaired) electrons. The average Bonchev–Trinajstić information content (AvgIpc) is 2.37. The highest BCUT2D eigenvalue weighted by molar-refractivity contribution is 5.89. The summed E-state index contributed by atoms with van der Waals surface area (Å²) >= 11 is 0. The lowest BCUT2D eigenvalue weighted by Gasteiger charge is -2.17. The van der Waals surface area contributed by atoms with Gasteiger partial charge in [-0.05, 0) is 39.8 Å². The topological polar surface area (TPSA) is 65.0 Å². The van der Waals surface area contributed by atoms with E-state index in [0.29, 0.717) is 12.0 Å². The SMILES string of the molecule is CC(CC=NC(=O)OC(C)(C)C)OC(=O)c1ccccc1. The van der Waals surface area contributed by atoms with Crippen molar-refractivity contribution < 1.29 is 19.1 Å². The lowest BCUT2D eigenvalue weighted by Crippen LogP contribution is -2.22. The lowest BCUT2D eigenvalue weighted by molar-refractivity contribution is 0.0358. The Bertz CT molecular complexity index is 503. The molecule has 1 aromatic carbocycles. The monoisotopic (exact) mass is 291 g/mol. The van der Waals surface area contributed by atoms with E-state index in [-0.39, 0.29) is 6.10 Å². The van der Waals surface area contributed by atoms with E-state index in [9.17, 15) is 9.59 Å². The molecule has 0 fully saturated rings. The zero-order valence-electron chi connectivity index (χ0n) is 12.8. The summed E-state index contributed by atoms with van der Waals surface area (Å²) in [6, 6.07) is 8.73. The van der Waals surface area contributed by atoms with E-state index in [0.717, 1.165) is 0 Å². The molecule has 5 nitrogen and oxygen atoms in total. The highest BCUT2D eigenvalue weighted by Gasteiger charge is 2.15. The second kappa shape index (κ2) is 7.57. The number of nitrogens with zero attached hydrogens (tertiary/aromatic N) is 1. The maximum absolute atomic E-state index is 11.8. The number of aliphatic imine (C=N–C) groups is 1. The molecule has 5 heteroatoms. The first kappa shape index (κ1) is 16.9. The molecule has 1 rings (SSSR count). The number of rotatable bonds is 4. The van der Waals surface area contributed by atoms with Crippen LogP contribution in [0.4, 0.5) is 4.79 Å². The molecule has 0 aromatic heterocycles. The first-order valence-corrected chi connectivity index (χ1v) is 6.79. The molecule has 0 spiro atoms. The van der Waals surface area contributed by atoms with Crippen LogP contribution >= 0.6 is 0 Å². The molecule has 114 valence electrons. The zero-order chi connectivity index (χ0) is 15.9. The van der Waals surface area contributed by atoms with E-state index in [1.54, 1.807) is 52.0 Å². The molecule has 0 heterocycles. The second-order valence-electron chi connectivity index (χ2n) is 5.61. The van der Waals surface area contributed by atoms with Gasteiger partial charge in [-0.25, -0.2) is 9.59 Å². The fourth-order valence-corrected chi connectivity index (χ4v) is 1.44. The Morgan fingerprint density at radius 3 is 2.43 bits per heavy atom. The Hall–Kier alpha value is -2.17. The van der Waals surface area contributed by atoms with Crippen molar-refractivity contribution in [2.45, 2.75) is 45.8 Å². The third-order valence-corrected chi connectivity index (χ3v) is 2.35. The first-order chi connectivity index (χ1) is 9.78. The van der Waals surface area contributed by atoms with Crippen molar-refractivity contribution in [2.24, 2.45) is 4.99 Å². The molecular formula is C16H21NO4. The molecular weight excluding hydrogens is 270 g/mol. The van der Waals surface area contributed by atoms with Crippen LogP contribution < -0.4 is 0 Å². The zero-order valence-corrected chi connectivity index (χ0v) is 12.8. The van der Waals surface area contributed by atoms with E-state index in [1.807, 2.05) is 6.07 Å². The van der Waals surface area contributed by atoms with Gasteiger partial charge in [-0.15, -0.1) is 0 Å². The summed E-state index contributed by atoms with van der Waals surface area (Å²) in [5.74, 6) is -0.395. The van der Waals surface area contributed by atoms with Crippen LogP contribution in [0.15, 0.2) is 35.3 Å². The number of carbonyl (C=O) groups excluding carboxylic acids is 2. The molecule has 21 heavy (non-hydrogen) atoms. The molecule has 0 aliphatic rings. The Balaban J connectivity index is 2.39. The molecule has 0 aliphatic heterocycles. The van der Waals surface area contributed by atoms with Gasteiger partial charge in [0.25, 0.3) is 0 Å².